The number of aliphatic hydroxyl groups excluding tert-OH is 1. The Kier molecular flexibility index (Phi) is 4.57. The molecule has 0 unspecified atom stereocenters. The first-order chi connectivity index (χ1) is 8.35. The number of benzene rings is 1. The van der Waals surface area contributed by atoms with Crippen LogP contribution in [0.25, 0.3) is 0 Å². The van der Waals surface area contributed by atoms with Gasteiger partial charge in [0.05, 0.1) is 19.8 Å². The first-order valence-electron chi connectivity index (χ1n) is 6.57. The number of ether oxygens (including phenoxy) is 1. The maximum Gasteiger partial charge on any atom is 0.0717 e. The molecule has 0 atom stereocenters. The molecule has 1 aliphatic carbocycles. The van der Waals surface area contributed by atoms with Crippen molar-refractivity contribution in [2.75, 3.05) is 13.2 Å². The molecule has 2 heteroatoms. The van der Waals surface area contributed by atoms with Crippen molar-refractivity contribution in [3.05, 3.63) is 35.9 Å². The van der Waals surface area contributed by atoms with Gasteiger partial charge in [-0.3, -0.25) is 0 Å². The molecular formula is C15H22O2. The molecule has 1 aliphatic rings. The van der Waals surface area contributed by atoms with Crippen molar-refractivity contribution in [2.24, 2.45) is 5.41 Å². The molecular weight excluding hydrogens is 212 g/mol. The van der Waals surface area contributed by atoms with Gasteiger partial charge in [0.2, 0.25) is 0 Å². The monoisotopic (exact) mass is 234 g/mol. The van der Waals surface area contributed by atoms with E-state index in [1.165, 1.54) is 24.8 Å². The van der Waals surface area contributed by atoms with Gasteiger partial charge in [0, 0.05) is 5.41 Å². The molecule has 0 amide bonds. The van der Waals surface area contributed by atoms with E-state index in [1.807, 2.05) is 18.2 Å². The molecule has 0 radical (unpaired) electrons. The standard InChI is InChI=1S/C15H22O2/c16-12-15(9-5-2-6-10-15)13-17-11-14-7-3-1-4-8-14/h1,3-4,7-8,16H,2,5-6,9-13H2. The van der Waals surface area contributed by atoms with Crippen LogP contribution in [-0.2, 0) is 11.3 Å². The van der Waals surface area contributed by atoms with E-state index in [2.05, 4.69) is 12.1 Å². The van der Waals surface area contributed by atoms with Crippen molar-refractivity contribution in [1.82, 2.24) is 0 Å². The SMILES string of the molecule is OCC1(COCc2ccccc2)CCCCC1. The maximum absolute atomic E-state index is 9.56. The lowest BCUT2D eigenvalue weighted by molar-refractivity contribution is -0.0226. The van der Waals surface area contributed by atoms with Crippen molar-refractivity contribution < 1.29 is 9.84 Å². The summed E-state index contributed by atoms with van der Waals surface area (Å²) in [7, 11) is 0. The Morgan fingerprint density at radius 3 is 2.41 bits per heavy atom. The van der Waals surface area contributed by atoms with Gasteiger partial charge in [0.25, 0.3) is 0 Å². The van der Waals surface area contributed by atoms with Crippen molar-refractivity contribution >= 4 is 0 Å². The highest BCUT2D eigenvalue weighted by Crippen LogP contribution is 2.36. The number of hydrogen-bond donors (Lipinski definition) is 1. The second-order valence-corrected chi connectivity index (χ2v) is 5.20. The van der Waals surface area contributed by atoms with Gasteiger partial charge in [-0.2, -0.15) is 0 Å². The molecule has 1 saturated carbocycles. The van der Waals surface area contributed by atoms with E-state index >= 15 is 0 Å². The number of rotatable bonds is 5. The van der Waals surface area contributed by atoms with E-state index in [-0.39, 0.29) is 12.0 Å². The third-order valence-corrected chi connectivity index (χ3v) is 3.77. The van der Waals surface area contributed by atoms with Crippen LogP contribution in [0.4, 0.5) is 0 Å². The Labute approximate surface area is 104 Å². The van der Waals surface area contributed by atoms with Crippen molar-refractivity contribution in [1.29, 1.82) is 0 Å². The second-order valence-electron chi connectivity index (χ2n) is 5.20. The fourth-order valence-corrected chi connectivity index (χ4v) is 2.61. The van der Waals surface area contributed by atoms with Crippen LogP contribution < -0.4 is 0 Å². The van der Waals surface area contributed by atoms with Gasteiger partial charge in [-0.25, -0.2) is 0 Å². The molecule has 17 heavy (non-hydrogen) atoms. The lowest BCUT2D eigenvalue weighted by atomic mass is 9.75. The first-order valence-corrected chi connectivity index (χ1v) is 6.57. The topological polar surface area (TPSA) is 29.5 Å². The summed E-state index contributed by atoms with van der Waals surface area (Å²) in [5.41, 5.74) is 1.24. The smallest absolute Gasteiger partial charge is 0.0717 e. The van der Waals surface area contributed by atoms with E-state index in [1.54, 1.807) is 0 Å². The highest BCUT2D eigenvalue weighted by atomic mass is 16.5. The highest BCUT2D eigenvalue weighted by molar-refractivity contribution is 5.13. The average Bonchev–Trinajstić information content (AvgIpc) is 2.41. The van der Waals surface area contributed by atoms with E-state index in [4.69, 9.17) is 4.74 Å². The quantitative estimate of drug-likeness (QED) is 0.848. The fourth-order valence-electron chi connectivity index (χ4n) is 2.61. The second kappa shape index (κ2) is 6.18. The first kappa shape index (κ1) is 12.6. The minimum absolute atomic E-state index is 0.0348. The third kappa shape index (κ3) is 3.55. The molecule has 0 saturated heterocycles. The van der Waals surface area contributed by atoms with Crippen molar-refractivity contribution in [3.63, 3.8) is 0 Å². The van der Waals surface area contributed by atoms with Crippen LogP contribution in [0.3, 0.4) is 0 Å². The maximum atomic E-state index is 9.56. The summed E-state index contributed by atoms with van der Waals surface area (Å²) in [6.07, 6.45) is 5.99. The molecule has 1 aromatic carbocycles. The van der Waals surface area contributed by atoms with Crippen molar-refractivity contribution in [3.8, 4) is 0 Å². The zero-order chi connectivity index (χ0) is 12.0. The fraction of sp³-hybridized carbons (Fsp3) is 0.600. The van der Waals surface area contributed by atoms with Gasteiger partial charge in [-0.05, 0) is 18.4 Å². The largest absolute Gasteiger partial charge is 0.396 e. The minimum Gasteiger partial charge on any atom is -0.396 e. The Morgan fingerprint density at radius 1 is 1.06 bits per heavy atom. The van der Waals surface area contributed by atoms with Gasteiger partial charge in [-0.1, -0.05) is 49.6 Å². The zero-order valence-electron chi connectivity index (χ0n) is 10.4. The molecule has 1 aromatic rings. The molecule has 0 heterocycles. The summed E-state index contributed by atoms with van der Waals surface area (Å²) in [6, 6.07) is 10.2. The molecule has 1 N–H and O–H groups in total. The van der Waals surface area contributed by atoms with Crippen LogP contribution >= 0.6 is 0 Å². The molecule has 2 rings (SSSR count). The van der Waals surface area contributed by atoms with Crippen LogP contribution in [0.1, 0.15) is 37.7 Å². The number of aliphatic hydroxyl groups is 1. The van der Waals surface area contributed by atoms with Crippen LogP contribution in [0.15, 0.2) is 30.3 Å². The summed E-state index contributed by atoms with van der Waals surface area (Å²) < 4.78 is 5.79. The summed E-state index contributed by atoms with van der Waals surface area (Å²) in [4.78, 5) is 0. The van der Waals surface area contributed by atoms with Crippen LogP contribution in [0, 0.1) is 5.41 Å². The van der Waals surface area contributed by atoms with E-state index in [9.17, 15) is 5.11 Å². The molecule has 0 aromatic heterocycles. The minimum atomic E-state index is 0.0348. The Balaban J connectivity index is 1.80. The predicted octanol–water partition coefficient (Wildman–Crippen LogP) is 3.15. The average molecular weight is 234 g/mol. The van der Waals surface area contributed by atoms with Gasteiger partial charge in [-0.15, -0.1) is 0 Å². The number of hydrogen-bond acceptors (Lipinski definition) is 2. The van der Waals surface area contributed by atoms with Crippen LogP contribution in [0.5, 0.6) is 0 Å². The molecule has 2 nitrogen and oxygen atoms in total. The molecule has 0 bridgehead atoms. The van der Waals surface area contributed by atoms with E-state index < -0.39 is 0 Å². The van der Waals surface area contributed by atoms with Gasteiger partial charge < -0.3 is 9.84 Å². The molecule has 94 valence electrons. The Bertz CT molecular complexity index is 315. The van der Waals surface area contributed by atoms with Crippen molar-refractivity contribution in [2.45, 2.75) is 38.7 Å². The zero-order valence-corrected chi connectivity index (χ0v) is 10.4. The summed E-state index contributed by atoms with van der Waals surface area (Å²) in [5, 5.41) is 9.56. The van der Waals surface area contributed by atoms with E-state index in [0.717, 1.165) is 12.8 Å². The highest BCUT2D eigenvalue weighted by Gasteiger charge is 2.31. The molecule has 0 aliphatic heterocycles. The summed E-state index contributed by atoms with van der Waals surface area (Å²) in [5.74, 6) is 0. The molecule has 1 fully saturated rings. The summed E-state index contributed by atoms with van der Waals surface area (Å²) >= 11 is 0. The van der Waals surface area contributed by atoms with Gasteiger partial charge >= 0.3 is 0 Å². The third-order valence-electron chi connectivity index (χ3n) is 3.77. The van der Waals surface area contributed by atoms with E-state index in [0.29, 0.717) is 13.2 Å². The lowest BCUT2D eigenvalue weighted by Crippen LogP contribution is -2.33. The van der Waals surface area contributed by atoms with Crippen LogP contribution in [-0.4, -0.2) is 18.3 Å². The lowest BCUT2D eigenvalue weighted by Gasteiger charge is -2.35. The predicted molar refractivity (Wildman–Crippen MR) is 68.7 cm³/mol. The van der Waals surface area contributed by atoms with Gasteiger partial charge in [0.1, 0.15) is 0 Å². The Morgan fingerprint density at radius 2 is 1.76 bits per heavy atom. The van der Waals surface area contributed by atoms with Crippen LogP contribution in [0.2, 0.25) is 0 Å². The van der Waals surface area contributed by atoms with Gasteiger partial charge in [0.15, 0.2) is 0 Å². The summed E-state index contributed by atoms with van der Waals surface area (Å²) in [6.45, 7) is 1.61. The Hall–Kier alpha value is -0.860. The normalized spacial score (nSPS) is 19.1. The molecule has 0 spiro atoms.